The van der Waals surface area contributed by atoms with Gasteiger partial charge in [-0.2, -0.15) is 5.10 Å². The van der Waals surface area contributed by atoms with Gasteiger partial charge in [-0.25, -0.2) is 0 Å². The van der Waals surface area contributed by atoms with Gasteiger partial charge in [0, 0.05) is 23.2 Å². The summed E-state index contributed by atoms with van der Waals surface area (Å²) >= 11 is 5.19. The monoisotopic (exact) mass is 347 g/mol. The maximum absolute atomic E-state index is 5.92. The molecule has 3 aromatic rings. The van der Waals surface area contributed by atoms with Crippen LogP contribution in [0.4, 0.5) is 0 Å². The molecule has 0 aliphatic heterocycles. The zero-order valence-corrected chi connectivity index (χ0v) is 13.1. The zero-order chi connectivity index (χ0) is 13.9. The van der Waals surface area contributed by atoms with E-state index < -0.39 is 0 Å². The molecule has 5 heteroatoms. The summed E-state index contributed by atoms with van der Waals surface area (Å²) in [6.45, 7) is 0.531. The minimum absolute atomic E-state index is 0.0868. The minimum atomic E-state index is 0.0868. The largest absolute Gasteiger partial charge is 0.328 e. The third kappa shape index (κ3) is 2.70. The standard InChI is InChI=1S/C15H14BrN3S/c16-15-7-6-14(20-15)13(8-17)19-10-12(9-18-19)11-4-2-1-3-5-11/h1-7,9-10,13H,8,17H2. The fourth-order valence-electron chi connectivity index (χ4n) is 2.15. The minimum Gasteiger partial charge on any atom is -0.328 e. The molecule has 20 heavy (non-hydrogen) atoms. The van der Waals surface area contributed by atoms with Gasteiger partial charge in [-0.1, -0.05) is 30.3 Å². The quantitative estimate of drug-likeness (QED) is 0.777. The Hall–Kier alpha value is -1.43. The second-order valence-electron chi connectivity index (χ2n) is 4.47. The molecule has 1 aromatic carbocycles. The number of thiophene rings is 1. The van der Waals surface area contributed by atoms with Crippen molar-refractivity contribution >= 4 is 27.3 Å². The fraction of sp³-hybridized carbons (Fsp3) is 0.133. The lowest BCUT2D eigenvalue weighted by Crippen LogP contribution is -2.19. The molecule has 0 aliphatic carbocycles. The van der Waals surface area contributed by atoms with E-state index in [1.54, 1.807) is 11.3 Å². The van der Waals surface area contributed by atoms with E-state index in [2.05, 4.69) is 45.4 Å². The Kier molecular flexibility index (Phi) is 4.00. The van der Waals surface area contributed by atoms with Gasteiger partial charge in [0.15, 0.2) is 0 Å². The van der Waals surface area contributed by atoms with E-state index in [0.717, 1.165) is 9.35 Å². The highest BCUT2D eigenvalue weighted by atomic mass is 79.9. The zero-order valence-electron chi connectivity index (χ0n) is 10.7. The summed E-state index contributed by atoms with van der Waals surface area (Å²) in [6.07, 6.45) is 3.95. The van der Waals surface area contributed by atoms with E-state index in [1.807, 2.05) is 35.1 Å². The SMILES string of the molecule is NCC(c1ccc(Br)s1)n1cc(-c2ccccc2)cn1. The van der Waals surface area contributed by atoms with Crippen LogP contribution in [0.2, 0.25) is 0 Å². The van der Waals surface area contributed by atoms with Crippen LogP contribution in [-0.2, 0) is 0 Å². The number of aromatic nitrogens is 2. The molecule has 1 atom stereocenters. The Morgan fingerprint density at radius 2 is 1.95 bits per heavy atom. The van der Waals surface area contributed by atoms with Gasteiger partial charge >= 0.3 is 0 Å². The predicted molar refractivity (Wildman–Crippen MR) is 86.9 cm³/mol. The van der Waals surface area contributed by atoms with Crippen molar-refractivity contribution in [1.82, 2.24) is 9.78 Å². The Morgan fingerprint density at radius 3 is 2.60 bits per heavy atom. The maximum Gasteiger partial charge on any atom is 0.0982 e. The number of benzene rings is 1. The second kappa shape index (κ2) is 5.91. The van der Waals surface area contributed by atoms with Crippen LogP contribution in [0, 0.1) is 0 Å². The predicted octanol–water partition coefficient (Wildman–Crippen LogP) is 3.92. The molecule has 2 aromatic heterocycles. The van der Waals surface area contributed by atoms with Gasteiger partial charge in [-0.15, -0.1) is 11.3 Å². The molecule has 0 radical (unpaired) electrons. The lowest BCUT2D eigenvalue weighted by molar-refractivity contribution is 0.540. The first kappa shape index (κ1) is 13.5. The van der Waals surface area contributed by atoms with Crippen LogP contribution in [0.15, 0.2) is 58.6 Å². The number of rotatable bonds is 4. The third-order valence-corrected chi connectivity index (χ3v) is 4.90. The first-order valence-electron chi connectivity index (χ1n) is 6.33. The van der Waals surface area contributed by atoms with Gasteiger partial charge in [0.05, 0.1) is 16.0 Å². The molecule has 0 fully saturated rings. The van der Waals surface area contributed by atoms with Crippen molar-refractivity contribution in [1.29, 1.82) is 0 Å². The van der Waals surface area contributed by atoms with Crippen molar-refractivity contribution in [2.75, 3.05) is 6.54 Å². The first-order chi connectivity index (χ1) is 9.78. The highest BCUT2D eigenvalue weighted by Crippen LogP contribution is 2.30. The van der Waals surface area contributed by atoms with E-state index in [4.69, 9.17) is 5.73 Å². The Balaban J connectivity index is 1.92. The number of hydrogen-bond donors (Lipinski definition) is 1. The molecular weight excluding hydrogens is 334 g/mol. The lowest BCUT2D eigenvalue weighted by atomic mass is 10.1. The molecule has 0 bridgehead atoms. The molecule has 3 nitrogen and oxygen atoms in total. The van der Waals surface area contributed by atoms with E-state index in [9.17, 15) is 0 Å². The number of nitrogens with two attached hydrogens (primary N) is 1. The van der Waals surface area contributed by atoms with Gasteiger partial charge in [0.25, 0.3) is 0 Å². The lowest BCUT2D eigenvalue weighted by Gasteiger charge is -2.13. The smallest absolute Gasteiger partial charge is 0.0982 e. The molecule has 2 heterocycles. The number of nitrogens with zero attached hydrogens (tertiary/aromatic N) is 2. The fourth-order valence-corrected chi connectivity index (χ4v) is 3.68. The summed E-state index contributed by atoms with van der Waals surface area (Å²) in [4.78, 5) is 1.21. The Labute approximate surface area is 130 Å². The summed E-state index contributed by atoms with van der Waals surface area (Å²) in [5.41, 5.74) is 8.20. The molecule has 0 amide bonds. The van der Waals surface area contributed by atoms with Crippen LogP contribution in [0.5, 0.6) is 0 Å². The molecule has 102 valence electrons. The van der Waals surface area contributed by atoms with Crippen LogP contribution < -0.4 is 5.73 Å². The van der Waals surface area contributed by atoms with Crippen LogP contribution >= 0.6 is 27.3 Å². The number of hydrogen-bond acceptors (Lipinski definition) is 3. The average molecular weight is 348 g/mol. The van der Waals surface area contributed by atoms with Gasteiger partial charge < -0.3 is 5.73 Å². The van der Waals surface area contributed by atoms with Crippen LogP contribution in [0.25, 0.3) is 11.1 Å². The van der Waals surface area contributed by atoms with Gasteiger partial charge in [-0.3, -0.25) is 4.68 Å². The third-order valence-electron chi connectivity index (χ3n) is 3.17. The summed E-state index contributed by atoms with van der Waals surface area (Å²) in [5, 5.41) is 4.48. The Bertz CT molecular complexity index is 690. The molecular formula is C15H14BrN3S. The molecule has 0 aliphatic rings. The van der Waals surface area contributed by atoms with Crippen LogP contribution in [-0.4, -0.2) is 16.3 Å². The summed E-state index contributed by atoms with van der Waals surface area (Å²) in [7, 11) is 0. The summed E-state index contributed by atoms with van der Waals surface area (Å²) in [6, 6.07) is 14.5. The summed E-state index contributed by atoms with van der Waals surface area (Å²) < 4.78 is 3.06. The topological polar surface area (TPSA) is 43.8 Å². The van der Waals surface area contributed by atoms with Crippen molar-refractivity contribution < 1.29 is 0 Å². The van der Waals surface area contributed by atoms with Gasteiger partial charge in [-0.05, 0) is 33.6 Å². The maximum atomic E-state index is 5.92. The van der Waals surface area contributed by atoms with Crippen molar-refractivity contribution in [2.45, 2.75) is 6.04 Å². The highest BCUT2D eigenvalue weighted by molar-refractivity contribution is 9.11. The molecule has 0 saturated carbocycles. The van der Waals surface area contributed by atoms with Gasteiger partial charge in [0.2, 0.25) is 0 Å². The van der Waals surface area contributed by atoms with Crippen molar-refractivity contribution in [2.24, 2.45) is 5.73 Å². The van der Waals surface area contributed by atoms with Gasteiger partial charge in [0.1, 0.15) is 0 Å². The van der Waals surface area contributed by atoms with Crippen LogP contribution in [0.3, 0.4) is 0 Å². The molecule has 3 rings (SSSR count). The molecule has 2 N–H and O–H groups in total. The number of halogens is 1. The first-order valence-corrected chi connectivity index (χ1v) is 7.94. The Morgan fingerprint density at radius 1 is 1.15 bits per heavy atom. The van der Waals surface area contributed by atoms with E-state index in [1.165, 1.54) is 10.4 Å². The van der Waals surface area contributed by atoms with Crippen molar-refractivity contribution in [3.63, 3.8) is 0 Å². The van der Waals surface area contributed by atoms with Crippen LogP contribution in [0.1, 0.15) is 10.9 Å². The molecule has 1 unspecified atom stereocenters. The summed E-state index contributed by atoms with van der Waals surface area (Å²) in [5.74, 6) is 0. The van der Waals surface area contributed by atoms with Crippen molar-refractivity contribution in [3.8, 4) is 11.1 Å². The van der Waals surface area contributed by atoms with E-state index in [0.29, 0.717) is 6.54 Å². The van der Waals surface area contributed by atoms with Crippen molar-refractivity contribution in [3.05, 3.63) is 63.5 Å². The average Bonchev–Trinajstić information content (AvgIpc) is 3.11. The van der Waals surface area contributed by atoms with E-state index in [-0.39, 0.29) is 6.04 Å². The normalized spacial score (nSPS) is 12.5. The second-order valence-corrected chi connectivity index (χ2v) is 6.96. The highest BCUT2D eigenvalue weighted by Gasteiger charge is 2.15. The van der Waals surface area contributed by atoms with E-state index >= 15 is 0 Å². The molecule has 0 saturated heterocycles. The molecule has 0 spiro atoms.